The summed E-state index contributed by atoms with van der Waals surface area (Å²) in [4.78, 5) is 22.7. The molecule has 0 unspecified atom stereocenters. The van der Waals surface area contributed by atoms with E-state index in [0.29, 0.717) is 18.4 Å². The van der Waals surface area contributed by atoms with Crippen LogP contribution in [0.3, 0.4) is 0 Å². The van der Waals surface area contributed by atoms with Crippen LogP contribution in [0, 0.1) is 5.92 Å². The molecule has 1 aromatic rings. The van der Waals surface area contributed by atoms with Crippen LogP contribution in [0.4, 0.5) is 13.2 Å². The number of rotatable bonds is 7. The van der Waals surface area contributed by atoms with Crippen molar-refractivity contribution in [1.82, 2.24) is 5.32 Å². The van der Waals surface area contributed by atoms with Gasteiger partial charge in [0.25, 0.3) is 0 Å². The Bertz CT molecular complexity index is 556. The molecule has 0 saturated heterocycles. The number of carboxylic acids is 1. The van der Waals surface area contributed by atoms with Gasteiger partial charge in [-0.05, 0) is 30.4 Å². The summed E-state index contributed by atoms with van der Waals surface area (Å²) in [6.45, 7) is 3.36. The van der Waals surface area contributed by atoms with E-state index in [4.69, 9.17) is 5.11 Å². The van der Waals surface area contributed by atoms with Gasteiger partial charge in [0, 0.05) is 6.42 Å². The lowest BCUT2D eigenvalue weighted by molar-refractivity contribution is -0.143. The van der Waals surface area contributed by atoms with E-state index in [1.165, 1.54) is 6.07 Å². The van der Waals surface area contributed by atoms with E-state index in [0.717, 1.165) is 12.1 Å². The first-order valence-corrected chi connectivity index (χ1v) is 7.29. The molecule has 2 N–H and O–H groups in total. The fourth-order valence-electron chi connectivity index (χ4n) is 2.12. The molecule has 1 amide bonds. The van der Waals surface area contributed by atoms with Crippen molar-refractivity contribution in [1.29, 1.82) is 0 Å². The first kappa shape index (κ1) is 19.0. The minimum absolute atomic E-state index is 0.0622. The van der Waals surface area contributed by atoms with Gasteiger partial charge in [0.1, 0.15) is 6.04 Å². The molecule has 0 radical (unpaired) electrons. The summed E-state index contributed by atoms with van der Waals surface area (Å²) in [5.74, 6) is -1.77. The van der Waals surface area contributed by atoms with E-state index in [2.05, 4.69) is 5.32 Å². The molecule has 0 bridgehead atoms. The number of amides is 1. The van der Waals surface area contributed by atoms with Crippen molar-refractivity contribution in [3.8, 4) is 0 Å². The second-order valence-corrected chi connectivity index (χ2v) is 5.68. The highest BCUT2D eigenvalue weighted by Crippen LogP contribution is 2.29. The highest BCUT2D eigenvalue weighted by molar-refractivity contribution is 5.83. The van der Waals surface area contributed by atoms with Gasteiger partial charge in [-0.1, -0.05) is 32.0 Å². The van der Waals surface area contributed by atoms with E-state index in [1.807, 2.05) is 0 Å². The zero-order valence-corrected chi connectivity index (χ0v) is 13.0. The second kappa shape index (κ2) is 7.99. The summed E-state index contributed by atoms with van der Waals surface area (Å²) in [5, 5.41) is 11.4. The number of hydrogen-bond acceptors (Lipinski definition) is 2. The molecule has 0 aliphatic rings. The van der Waals surface area contributed by atoms with Crippen molar-refractivity contribution in [3.05, 3.63) is 35.4 Å². The van der Waals surface area contributed by atoms with Crippen molar-refractivity contribution in [2.24, 2.45) is 5.92 Å². The van der Waals surface area contributed by atoms with E-state index < -0.39 is 29.7 Å². The Balaban J connectivity index is 2.51. The maximum Gasteiger partial charge on any atom is 0.416 e. The maximum absolute atomic E-state index is 12.6. The molecule has 1 atom stereocenters. The molecule has 0 aromatic heterocycles. The van der Waals surface area contributed by atoms with E-state index in [9.17, 15) is 22.8 Å². The number of carbonyl (C=O) groups is 2. The smallest absolute Gasteiger partial charge is 0.416 e. The molecule has 4 nitrogen and oxygen atoms in total. The first-order chi connectivity index (χ1) is 10.6. The minimum Gasteiger partial charge on any atom is -0.480 e. The molecular weight excluding hydrogens is 311 g/mol. The Morgan fingerprint density at radius 1 is 1.26 bits per heavy atom. The lowest BCUT2D eigenvalue weighted by atomic mass is 10.0. The van der Waals surface area contributed by atoms with Crippen LogP contribution in [0.5, 0.6) is 0 Å². The number of halogens is 3. The zero-order chi connectivity index (χ0) is 17.6. The average Bonchev–Trinajstić information content (AvgIpc) is 2.43. The van der Waals surface area contributed by atoms with Crippen LogP contribution < -0.4 is 5.32 Å². The Morgan fingerprint density at radius 2 is 1.91 bits per heavy atom. The number of hydrogen-bond donors (Lipinski definition) is 2. The van der Waals surface area contributed by atoms with Gasteiger partial charge in [0.2, 0.25) is 5.91 Å². The summed E-state index contributed by atoms with van der Waals surface area (Å²) in [6.07, 6.45) is -3.67. The van der Waals surface area contributed by atoms with Crippen molar-refractivity contribution in [2.45, 2.75) is 45.3 Å². The van der Waals surface area contributed by atoms with E-state index in [1.54, 1.807) is 19.9 Å². The van der Waals surface area contributed by atoms with Gasteiger partial charge >= 0.3 is 12.1 Å². The normalized spacial score (nSPS) is 13.0. The van der Waals surface area contributed by atoms with Crippen molar-refractivity contribution in [3.63, 3.8) is 0 Å². The first-order valence-electron chi connectivity index (χ1n) is 7.29. The SMILES string of the molecule is CC(C)[C@@H](NC(=O)CCCc1cccc(C(F)(F)F)c1)C(=O)O. The summed E-state index contributed by atoms with van der Waals surface area (Å²) in [7, 11) is 0. The van der Waals surface area contributed by atoms with Gasteiger partial charge in [-0.2, -0.15) is 13.2 Å². The molecular formula is C16H20F3NO3. The Morgan fingerprint density at radius 3 is 2.43 bits per heavy atom. The molecule has 128 valence electrons. The summed E-state index contributed by atoms with van der Waals surface area (Å²) >= 11 is 0. The predicted octanol–water partition coefficient (Wildman–Crippen LogP) is 3.25. The number of benzene rings is 1. The fourth-order valence-corrected chi connectivity index (χ4v) is 2.12. The molecule has 0 spiro atoms. The monoisotopic (exact) mass is 331 g/mol. The zero-order valence-electron chi connectivity index (χ0n) is 13.0. The van der Waals surface area contributed by atoms with Crippen LogP contribution in [-0.4, -0.2) is 23.0 Å². The number of aliphatic carboxylic acids is 1. The van der Waals surface area contributed by atoms with Crippen LogP contribution in [0.2, 0.25) is 0 Å². The Kier molecular flexibility index (Phi) is 6.60. The fraction of sp³-hybridized carbons (Fsp3) is 0.500. The summed E-state index contributed by atoms with van der Waals surface area (Å²) in [6, 6.07) is 4.00. The number of nitrogens with one attached hydrogen (secondary N) is 1. The molecule has 0 saturated carbocycles. The molecule has 0 fully saturated rings. The molecule has 1 rings (SSSR count). The van der Waals surface area contributed by atoms with Crippen molar-refractivity contribution >= 4 is 11.9 Å². The molecule has 7 heteroatoms. The molecule has 0 heterocycles. The van der Waals surface area contributed by atoms with Gasteiger partial charge in [0.05, 0.1) is 5.56 Å². The number of carboxylic acid groups (broad SMARTS) is 1. The van der Waals surface area contributed by atoms with Gasteiger partial charge in [-0.25, -0.2) is 4.79 Å². The lowest BCUT2D eigenvalue weighted by Crippen LogP contribution is -2.44. The molecule has 0 aliphatic heterocycles. The second-order valence-electron chi connectivity index (χ2n) is 5.68. The third-order valence-corrected chi connectivity index (χ3v) is 3.37. The topological polar surface area (TPSA) is 66.4 Å². The van der Waals surface area contributed by atoms with Crippen LogP contribution in [0.15, 0.2) is 24.3 Å². The quantitative estimate of drug-likeness (QED) is 0.806. The van der Waals surface area contributed by atoms with Crippen molar-refractivity contribution < 1.29 is 27.9 Å². The van der Waals surface area contributed by atoms with Crippen LogP contribution >= 0.6 is 0 Å². The van der Waals surface area contributed by atoms with Crippen LogP contribution in [0.1, 0.15) is 37.8 Å². The molecule has 23 heavy (non-hydrogen) atoms. The van der Waals surface area contributed by atoms with E-state index >= 15 is 0 Å². The maximum atomic E-state index is 12.6. The largest absolute Gasteiger partial charge is 0.480 e. The highest BCUT2D eigenvalue weighted by atomic mass is 19.4. The van der Waals surface area contributed by atoms with Crippen molar-refractivity contribution in [2.75, 3.05) is 0 Å². The van der Waals surface area contributed by atoms with Crippen LogP contribution in [-0.2, 0) is 22.2 Å². The van der Waals surface area contributed by atoms with Gasteiger partial charge < -0.3 is 10.4 Å². The van der Waals surface area contributed by atoms with Crippen LogP contribution in [0.25, 0.3) is 0 Å². The number of alkyl halides is 3. The van der Waals surface area contributed by atoms with E-state index in [-0.39, 0.29) is 12.3 Å². The highest BCUT2D eigenvalue weighted by Gasteiger charge is 2.30. The Labute approximate surface area is 132 Å². The van der Waals surface area contributed by atoms with Gasteiger partial charge in [-0.3, -0.25) is 4.79 Å². The Hall–Kier alpha value is -2.05. The lowest BCUT2D eigenvalue weighted by Gasteiger charge is -2.17. The predicted molar refractivity (Wildman–Crippen MR) is 78.8 cm³/mol. The minimum atomic E-state index is -4.39. The molecule has 0 aliphatic carbocycles. The number of carbonyl (C=O) groups excluding carboxylic acids is 1. The standard InChI is InChI=1S/C16H20F3NO3/c1-10(2)14(15(22)23)20-13(21)8-4-6-11-5-3-7-12(9-11)16(17,18)19/h3,5,7,9-10,14H,4,6,8H2,1-2H3,(H,20,21)(H,22,23)/t14-/m1/s1. The van der Waals surface area contributed by atoms with Gasteiger partial charge in [0.15, 0.2) is 0 Å². The summed E-state index contributed by atoms with van der Waals surface area (Å²) < 4.78 is 37.8. The third-order valence-electron chi connectivity index (χ3n) is 3.37. The van der Waals surface area contributed by atoms with Gasteiger partial charge in [-0.15, -0.1) is 0 Å². The third kappa shape index (κ3) is 6.30. The summed E-state index contributed by atoms with van der Waals surface area (Å²) in [5.41, 5.74) is -0.225. The molecule has 1 aromatic carbocycles. The number of aryl methyl sites for hydroxylation is 1. The average molecular weight is 331 g/mol.